The highest BCUT2D eigenvalue weighted by molar-refractivity contribution is 5.53. The third kappa shape index (κ3) is 2.19. The fourth-order valence-electron chi connectivity index (χ4n) is 3.96. The summed E-state index contributed by atoms with van der Waals surface area (Å²) in [6.07, 6.45) is 1.71. The number of hydrogen-bond donors (Lipinski definition) is 2. The summed E-state index contributed by atoms with van der Waals surface area (Å²) in [6, 6.07) is 7.88. The molecule has 1 atom stereocenters. The number of phenols is 2. The Bertz CT molecular complexity index is 802. The van der Waals surface area contributed by atoms with E-state index in [1.165, 1.54) is 11.1 Å². The molecule has 5 nitrogen and oxygen atoms in total. The molecular weight excluding hydrogens is 306 g/mol. The van der Waals surface area contributed by atoms with Gasteiger partial charge >= 0.3 is 0 Å². The number of rotatable bonds is 2. The monoisotopic (exact) mass is 327 g/mol. The molecule has 2 aliphatic heterocycles. The number of aromatic hydroxyl groups is 2. The number of hydrogen-bond acceptors (Lipinski definition) is 5. The van der Waals surface area contributed by atoms with Crippen LogP contribution in [0.1, 0.15) is 28.3 Å². The van der Waals surface area contributed by atoms with E-state index >= 15 is 0 Å². The first-order valence-corrected chi connectivity index (χ1v) is 8.14. The van der Waals surface area contributed by atoms with Gasteiger partial charge < -0.3 is 19.7 Å². The van der Waals surface area contributed by atoms with Gasteiger partial charge in [0.25, 0.3) is 0 Å². The zero-order valence-corrected chi connectivity index (χ0v) is 13.9. The van der Waals surface area contributed by atoms with Gasteiger partial charge in [-0.05, 0) is 47.7 Å². The van der Waals surface area contributed by atoms with Gasteiger partial charge in [0.15, 0.2) is 23.0 Å². The minimum Gasteiger partial charge on any atom is -0.504 e. The second-order valence-electron chi connectivity index (χ2n) is 6.42. The quantitative estimate of drug-likeness (QED) is 0.888. The van der Waals surface area contributed by atoms with E-state index in [0.29, 0.717) is 18.0 Å². The average Bonchev–Trinajstić information content (AvgIpc) is 2.60. The highest BCUT2D eigenvalue weighted by Crippen LogP contribution is 2.45. The Hall–Kier alpha value is -2.40. The molecule has 0 bridgehead atoms. The van der Waals surface area contributed by atoms with Gasteiger partial charge in [-0.3, -0.25) is 4.90 Å². The maximum Gasteiger partial charge on any atom is 0.162 e. The number of methoxy groups -OCH3 is 2. The van der Waals surface area contributed by atoms with E-state index in [0.717, 1.165) is 30.5 Å². The Morgan fingerprint density at radius 3 is 2.58 bits per heavy atom. The molecule has 5 heteroatoms. The van der Waals surface area contributed by atoms with Crippen LogP contribution in [0.5, 0.6) is 23.0 Å². The predicted molar refractivity (Wildman–Crippen MR) is 89.9 cm³/mol. The normalized spacial score (nSPS) is 19.2. The van der Waals surface area contributed by atoms with Gasteiger partial charge in [-0.25, -0.2) is 0 Å². The molecule has 0 saturated heterocycles. The molecule has 2 heterocycles. The van der Waals surface area contributed by atoms with Crippen LogP contribution in [0.3, 0.4) is 0 Å². The summed E-state index contributed by atoms with van der Waals surface area (Å²) in [5, 5.41) is 20.5. The van der Waals surface area contributed by atoms with Crippen LogP contribution in [0.2, 0.25) is 0 Å². The molecule has 2 aromatic carbocycles. The minimum atomic E-state index is 0.197. The third-order valence-electron chi connectivity index (χ3n) is 5.25. The van der Waals surface area contributed by atoms with E-state index in [9.17, 15) is 10.2 Å². The lowest BCUT2D eigenvalue weighted by Crippen LogP contribution is -2.39. The van der Waals surface area contributed by atoms with Gasteiger partial charge in [0.2, 0.25) is 0 Å². The summed E-state index contributed by atoms with van der Waals surface area (Å²) in [5.74, 6) is 1.49. The summed E-state index contributed by atoms with van der Waals surface area (Å²) in [7, 11) is 3.14. The van der Waals surface area contributed by atoms with Crippen LogP contribution in [0.4, 0.5) is 0 Å². The third-order valence-corrected chi connectivity index (χ3v) is 5.25. The lowest BCUT2D eigenvalue weighted by Gasteiger charge is -2.41. The van der Waals surface area contributed by atoms with Gasteiger partial charge in [-0.2, -0.15) is 0 Å². The Labute approximate surface area is 141 Å². The summed E-state index contributed by atoms with van der Waals surface area (Å²) < 4.78 is 10.5. The number of fused-ring (bicyclic) bond motifs is 4. The predicted octanol–water partition coefficient (Wildman–Crippen LogP) is 2.77. The second-order valence-corrected chi connectivity index (χ2v) is 6.42. The fraction of sp³-hybridized carbons (Fsp3) is 0.368. The standard InChI is InChI=1S/C19H21NO4/c1-23-17-4-3-11-7-15-13-9-18(24-2)16(21)8-12(13)5-6-20(15)10-14(11)19(17)22/h3-4,8-9,15,21-22H,5-7,10H2,1-2H3/t15-/m1/s1. The highest BCUT2D eigenvalue weighted by Gasteiger charge is 2.34. The first kappa shape index (κ1) is 15.1. The Kier molecular flexibility index (Phi) is 3.53. The number of nitrogens with zero attached hydrogens (tertiary/aromatic N) is 1. The van der Waals surface area contributed by atoms with E-state index in [2.05, 4.69) is 4.90 Å². The smallest absolute Gasteiger partial charge is 0.162 e. The molecule has 0 aliphatic carbocycles. The highest BCUT2D eigenvalue weighted by atomic mass is 16.5. The van der Waals surface area contributed by atoms with Crippen LogP contribution in [0.15, 0.2) is 24.3 Å². The van der Waals surface area contributed by atoms with Crippen LogP contribution in [-0.4, -0.2) is 35.9 Å². The van der Waals surface area contributed by atoms with E-state index in [1.54, 1.807) is 14.2 Å². The van der Waals surface area contributed by atoms with Crippen LogP contribution in [0.25, 0.3) is 0 Å². The van der Waals surface area contributed by atoms with Crippen molar-refractivity contribution in [1.82, 2.24) is 4.90 Å². The average molecular weight is 327 g/mol. The van der Waals surface area contributed by atoms with Crippen molar-refractivity contribution in [3.8, 4) is 23.0 Å². The molecule has 2 aliphatic rings. The van der Waals surface area contributed by atoms with E-state index in [-0.39, 0.29) is 17.5 Å². The van der Waals surface area contributed by atoms with Gasteiger partial charge in [0, 0.05) is 24.7 Å². The number of phenolic OH excluding ortho intramolecular Hbond substituents is 2. The lowest BCUT2D eigenvalue weighted by molar-refractivity contribution is 0.157. The Morgan fingerprint density at radius 2 is 1.83 bits per heavy atom. The van der Waals surface area contributed by atoms with E-state index in [1.807, 2.05) is 24.3 Å². The lowest BCUT2D eigenvalue weighted by atomic mass is 9.83. The van der Waals surface area contributed by atoms with Crippen molar-refractivity contribution >= 4 is 0 Å². The summed E-state index contributed by atoms with van der Waals surface area (Å²) >= 11 is 0. The zero-order valence-electron chi connectivity index (χ0n) is 13.9. The van der Waals surface area contributed by atoms with Crippen molar-refractivity contribution in [3.05, 3.63) is 46.5 Å². The maximum atomic E-state index is 10.4. The van der Waals surface area contributed by atoms with Crippen molar-refractivity contribution < 1.29 is 19.7 Å². The van der Waals surface area contributed by atoms with Crippen molar-refractivity contribution in [1.29, 1.82) is 0 Å². The molecule has 0 radical (unpaired) electrons. The van der Waals surface area contributed by atoms with E-state index in [4.69, 9.17) is 9.47 Å². The molecule has 2 N–H and O–H groups in total. The Balaban J connectivity index is 1.77. The van der Waals surface area contributed by atoms with Gasteiger partial charge in [0.1, 0.15) is 0 Å². The fourth-order valence-corrected chi connectivity index (χ4v) is 3.96. The molecule has 0 unspecified atom stereocenters. The topological polar surface area (TPSA) is 62.2 Å². The van der Waals surface area contributed by atoms with Crippen LogP contribution in [-0.2, 0) is 19.4 Å². The zero-order chi connectivity index (χ0) is 16.8. The molecule has 2 aromatic rings. The molecule has 126 valence electrons. The first-order chi connectivity index (χ1) is 11.6. The molecule has 0 spiro atoms. The first-order valence-electron chi connectivity index (χ1n) is 8.14. The van der Waals surface area contributed by atoms with Gasteiger partial charge in [-0.15, -0.1) is 0 Å². The number of ether oxygens (including phenoxy) is 2. The van der Waals surface area contributed by atoms with Gasteiger partial charge in [0.05, 0.1) is 14.2 Å². The summed E-state index contributed by atoms with van der Waals surface area (Å²) in [5.41, 5.74) is 4.49. The summed E-state index contributed by atoms with van der Waals surface area (Å²) in [6.45, 7) is 1.60. The van der Waals surface area contributed by atoms with Crippen LogP contribution in [0, 0.1) is 0 Å². The van der Waals surface area contributed by atoms with E-state index < -0.39 is 0 Å². The van der Waals surface area contributed by atoms with Gasteiger partial charge in [-0.1, -0.05) is 6.07 Å². The number of benzene rings is 2. The van der Waals surface area contributed by atoms with Crippen molar-refractivity contribution in [2.75, 3.05) is 20.8 Å². The van der Waals surface area contributed by atoms with Crippen LogP contribution < -0.4 is 9.47 Å². The molecule has 24 heavy (non-hydrogen) atoms. The molecule has 4 rings (SSSR count). The largest absolute Gasteiger partial charge is 0.504 e. The van der Waals surface area contributed by atoms with Crippen molar-refractivity contribution in [3.63, 3.8) is 0 Å². The molecule has 0 aromatic heterocycles. The molecular formula is C19H21NO4. The van der Waals surface area contributed by atoms with Crippen molar-refractivity contribution in [2.24, 2.45) is 0 Å². The maximum absolute atomic E-state index is 10.4. The Morgan fingerprint density at radius 1 is 1.04 bits per heavy atom. The SMILES string of the molecule is COc1cc2c(cc1O)CCN1Cc3c(ccc(OC)c3O)C[C@H]21. The van der Waals surface area contributed by atoms with Crippen molar-refractivity contribution in [2.45, 2.75) is 25.4 Å². The van der Waals surface area contributed by atoms with Crippen LogP contribution >= 0.6 is 0 Å². The minimum absolute atomic E-state index is 0.197. The molecule has 0 saturated carbocycles. The molecule has 0 fully saturated rings. The molecule has 0 amide bonds. The summed E-state index contributed by atoms with van der Waals surface area (Å²) in [4.78, 5) is 2.38. The second kappa shape index (κ2) is 5.60.